The molecular weight excluding hydrogens is 508 g/mol. The standard InChI is InChI=1S/C29H33F2N3O5/c1-36-23-9-10-25(39-18-27(30)31)29-21(23)11-13-34(17-28(35)33-16-20-6-4-5-12-32-20)22(29)14-19-7-8-24(37-2)26(15-19)38-3/h4-10,12,15,22,27H,11,13-14,16-18H2,1-3H3,(H,33,35). The Morgan fingerprint density at radius 3 is 2.46 bits per heavy atom. The number of aromatic nitrogens is 1. The van der Waals surface area contributed by atoms with Gasteiger partial charge in [0.05, 0.1) is 40.1 Å². The summed E-state index contributed by atoms with van der Waals surface area (Å²) in [6.45, 7) is 0.250. The number of carbonyl (C=O) groups excluding carboxylic acids is 1. The highest BCUT2D eigenvalue weighted by Crippen LogP contribution is 2.43. The summed E-state index contributed by atoms with van der Waals surface area (Å²) in [5.41, 5.74) is 3.31. The van der Waals surface area contributed by atoms with Gasteiger partial charge in [0.25, 0.3) is 6.43 Å². The van der Waals surface area contributed by atoms with Gasteiger partial charge in [-0.25, -0.2) is 8.78 Å². The number of rotatable bonds is 12. The van der Waals surface area contributed by atoms with Crippen LogP contribution in [0.3, 0.4) is 0 Å². The fourth-order valence-electron chi connectivity index (χ4n) is 4.89. The summed E-state index contributed by atoms with van der Waals surface area (Å²) in [5.74, 6) is 2.02. The molecule has 1 aliphatic heterocycles. The highest BCUT2D eigenvalue weighted by atomic mass is 19.3. The first-order valence-electron chi connectivity index (χ1n) is 12.7. The number of nitrogens with zero attached hydrogens (tertiary/aromatic N) is 2. The monoisotopic (exact) mass is 541 g/mol. The maximum Gasteiger partial charge on any atom is 0.272 e. The molecule has 0 fully saturated rings. The number of halogens is 2. The van der Waals surface area contributed by atoms with Crippen LogP contribution in [0.4, 0.5) is 8.78 Å². The van der Waals surface area contributed by atoms with Crippen LogP contribution >= 0.6 is 0 Å². The number of nitrogens with one attached hydrogen (secondary N) is 1. The predicted molar refractivity (Wildman–Crippen MR) is 142 cm³/mol. The van der Waals surface area contributed by atoms with Crippen LogP contribution in [0.2, 0.25) is 0 Å². The van der Waals surface area contributed by atoms with Gasteiger partial charge in [0.2, 0.25) is 5.91 Å². The van der Waals surface area contributed by atoms with Crippen molar-refractivity contribution in [2.45, 2.75) is 31.9 Å². The lowest BCUT2D eigenvalue weighted by atomic mass is 9.87. The van der Waals surface area contributed by atoms with E-state index in [9.17, 15) is 13.6 Å². The lowest BCUT2D eigenvalue weighted by Crippen LogP contribution is -2.43. The number of alkyl halides is 2. The van der Waals surface area contributed by atoms with Crippen molar-refractivity contribution in [3.05, 3.63) is 77.1 Å². The number of carbonyl (C=O) groups is 1. The van der Waals surface area contributed by atoms with Gasteiger partial charge in [-0.15, -0.1) is 0 Å². The number of hydrogen-bond acceptors (Lipinski definition) is 7. The molecule has 1 aliphatic rings. The molecule has 2 heterocycles. The van der Waals surface area contributed by atoms with E-state index in [4.69, 9.17) is 18.9 Å². The quantitative estimate of drug-likeness (QED) is 0.368. The van der Waals surface area contributed by atoms with Gasteiger partial charge in [-0.3, -0.25) is 14.7 Å². The third-order valence-electron chi connectivity index (χ3n) is 6.70. The van der Waals surface area contributed by atoms with Crippen LogP contribution in [0.25, 0.3) is 0 Å². The molecule has 0 aliphatic carbocycles. The van der Waals surface area contributed by atoms with E-state index in [2.05, 4.69) is 10.3 Å². The average molecular weight is 542 g/mol. The second kappa shape index (κ2) is 13.2. The van der Waals surface area contributed by atoms with E-state index in [-0.39, 0.29) is 18.5 Å². The average Bonchev–Trinajstić information content (AvgIpc) is 2.96. The number of ether oxygens (including phenoxy) is 4. The predicted octanol–water partition coefficient (Wildman–Crippen LogP) is 4.21. The van der Waals surface area contributed by atoms with E-state index < -0.39 is 13.0 Å². The lowest BCUT2D eigenvalue weighted by molar-refractivity contribution is -0.123. The molecule has 0 saturated carbocycles. The molecule has 1 unspecified atom stereocenters. The normalized spacial score (nSPS) is 15.0. The van der Waals surface area contributed by atoms with Crippen molar-refractivity contribution in [2.24, 2.45) is 0 Å². The van der Waals surface area contributed by atoms with Crippen molar-refractivity contribution in [3.63, 3.8) is 0 Å². The van der Waals surface area contributed by atoms with E-state index in [1.807, 2.05) is 41.3 Å². The fourth-order valence-corrected chi connectivity index (χ4v) is 4.89. The zero-order valence-electron chi connectivity index (χ0n) is 22.3. The van der Waals surface area contributed by atoms with E-state index in [0.29, 0.717) is 48.9 Å². The topological polar surface area (TPSA) is 82.2 Å². The van der Waals surface area contributed by atoms with Gasteiger partial charge in [-0.1, -0.05) is 12.1 Å². The summed E-state index contributed by atoms with van der Waals surface area (Å²) in [7, 11) is 4.71. The Balaban J connectivity index is 1.67. The molecule has 8 nitrogen and oxygen atoms in total. The second-order valence-electron chi connectivity index (χ2n) is 9.09. The van der Waals surface area contributed by atoms with Gasteiger partial charge in [-0.2, -0.15) is 0 Å². The van der Waals surface area contributed by atoms with Crippen LogP contribution < -0.4 is 24.3 Å². The number of benzene rings is 2. The minimum atomic E-state index is -2.62. The third kappa shape index (κ3) is 6.94. The maximum atomic E-state index is 13.1. The first-order chi connectivity index (χ1) is 18.9. The molecule has 208 valence electrons. The maximum absolute atomic E-state index is 13.1. The Hall–Kier alpha value is -3.92. The SMILES string of the molecule is COc1ccc(CC2c3c(OCC(F)F)ccc(OC)c3CCN2CC(=O)NCc2ccccn2)cc1OC. The molecule has 1 N–H and O–H groups in total. The van der Waals surface area contributed by atoms with Gasteiger partial charge >= 0.3 is 0 Å². The number of methoxy groups -OCH3 is 3. The second-order valence-corrected chi connectivity index (χ2v) is 9.09. The summed E-state index contributed by atoms with van der Waals surface area (Å²) in [6, 6.07) is 14.2. The number of pyridine rings is 1. The molecule has 1 atom stereocenters. The van der Waals surface area contributed by atoms with Crippen LogP contribution in [0.15, 0.2) is 54.7 Å². The Labute approximate surface area is 226 Å². The molecule has 0 spiro atoms. The zero-order chi connectivity index (χ0) is 27.8. The van der Waals surface area contributed by atoms with E-state index in [1.165, 1.54) is 0 Å². The summed E-state index contributed by atoms with van der Waals surface area (Å²) in [4.78, 5) is 19.3. The van der Waals surface area contributed by atoms with Gasteiger partial charge in [0.1, 0.15) is 18.1 Å². The highest BCUT2D eigenvalue weighted by molar-refractivity contribution is 5.78. The van der Waals surface area contributed by atoms with Gasteiger partial charge in [0.15, 0.2) is 11.5 Å². The highest BCUT2D eigenvalue weighted by Gasteiger charge is 2.34. The molecule has 39 heavy (non-hydrogen) atoms. The molecule has 1 aromatic heterocycles. The molecule has 4 rings (SSSR count). The lowest BCUT2D eigenvalue weighted by Gasteiger charge is -2.38. The van der Waals surface area contributed by atoms with Crippen molar-refractivity contribution in [1.82, 2.24) is 15.2 Å². The summed E-state index contributed by atoms with van der Waals surface area (Å²) >= 11 is 0. The fraction of sp³-hybridized carbons (Fsp3) is 0.379. The van der Waals surface area contributed by atoms with Crippen LogP contribution in [-0.4, -0.2) is 63.2 Å². The van der Waals surface area contributed by atoms with Crippen LogP contribution in [0.5, 0.6) is 23.0 Å². The molecule has 1 amide bonds. The van der Waals surface area contributed by atoms with Crippen LogP contribution in [0, 0.1) is 0 Å². The first-order valence-corrected chi connectivity index (χ1v) is 12.7. The van der Waals surface area contributed by atoms with Crippen LogP contribution in [0.1, 0.15) is 28.4 Å². The zero-order valence-corrected chi connectivity index (χ0v) is 22.3. The van der Waals surface area contributed by atoms with Crippen LogP contribution in [-0.2, 0) is 24.2 Å². The van der Waals surface area contributed by atoms with E-state index in [0.717, 1.165) is 22.4 Å². The van der Waals surface area contributed by atoms with Crippen molar-refractivity contribution >= 4 is 5.91 Å². The number of hydrogen-bond donors (Lipinski definition) is 1. The molecule has 0 bridgehead atoms. The van der Waals surface area contributed by atoms with E-state index >= 15 is 0 Å². The van der Waals surface area contributed by atoms with Gasteiger partial charge in [-0.05, 0) is 54.8 Å². The Morgan fingerprint density at radius 1 is 1.03 bits per heavy atom. The molecule has 10 heteroatoms. The number of amides is 1. The summed E-state index contributed by atoms with van der Waals surface area (Å²) in [6.07, 6.45) is 0.0970. The largest absolute Gasteiger partial charge is 0.496 e. The molecule has 0 radical (unpaired) electrons. The summed E-state index contributed by atoms with van der Waals surface area (Å²) in [5, 5.41) is 2.93. The molecule has 3 aromatic rings. The number of fused-ring (bicyclic) bond motifs is 1. The van der Waals surface area contributed by atoms with Gasteiger partial charge in [0, 0.05) is 29.9 Å². The Bertz CT molecular complexity index is 1260. The molecule has 2 aromatic carbocycles. The minimum Gasteiger partial charge on any atom is -0.496 e. The minimum absolute atomic E-state index is 0.107. The van der Waals surface area contributed by atoms with Gasteiger partial charge < -0.3 is 24.3 Å². The smallest absolute Gasteiger partial charge is 0.272 e. The Morgan fingerprint density at radius 2 is 1.77 bits per heavy atom. The summed E-state index contributed by atoms with van der Waals surface area (Å²) < 4.78 is 48.3. The first kappa shape index (κ1) is 28.1. The Kier molecular flexibility index (Phi) is 9.54. The molecular formula is C29H33F2N3O5. The van der Waals surface area contributed by atoms with E-state index in [1.54, 1.807) is 39.7 Å². The van der Waals surface area contributed by atoms with Crippen molar-refractivity contribution in [1.29, 1.82) is 0 Å². The van der Waals surface area contributed by atoms with Crippen molar-refractivity contribution < 1.29 is 32.5 Å². The van der Waals surface area contributed by atoms with Crippen molar-refractivity contribution in [3.8, 4) is 23.0 Å². The third-order valence-corrected chi connectivity index (χ3v) is 6.70. The molecule has 0 saturated heterocycles. The van der Waals surface area contributed by atoms with Crippen molar-refractivity contribution in [2.75, 3.05) is 41.0 Å².